The first kappa shape index (κ1) is 18.1. The molecule has 0 aliphatic rings. The number of aromatic nitrogens is 3. The molecule has 134 valence electrons. The second-order valence-electron chi connectivity index (χ2n) is 5.29. The first-order valence-electron chi connectivity index (χ1n) is 7.82. The molecule has 26 heavy (non-hydrogen) atoms. The fourth-order valence-electron chi connectivity index (χ4n) is 2.26. The van der Waals surface area contributed by atoms with Gasteiger partial charge in [-0.1, -0.05) is 0 Å². The van der Waals surface area contributed by atoms with Crippen LogP contribution in [0.15, 0.2) is 59.5 Å². The molecule has 0 radical (unpaired) electrons. The molecule has 0 fully saturated rings. The molecule has 0 unspecified atom stereocenters. The molecule has 0 saturated heterocycles. The number of ether oxygens (including phenoxy) is 2. The van der Waals surface area contributed by atoms with Gasteiger partial charge >= 0.3 is 5.97 Å². The highest BCUT2D eigenvalue weighted by Gasteiger charge is 2.10. The second-order valence-corrected chi connectivity index (χ2v) is 6.15. The number of aliphatic carboxylic acids is 1. The van der Waals surface area contributed by atoms with Crippen LogP contribution in [0, 0.1) is 0 Å². The van der Waals surface area contributed by atoms with Crippen molar-refractivity contribution in [3.8, 4) is 22.7 Å². The standard InChI is InChI=1S/C18H16BrN3O4/c19-16-11-22(21-18(16)13-5-7-20-8-6-13)14-1-3-15(4-2-14)26-10-9-25-12-17(23)24/h1-8,11H,9-10,12H2,(H,23,24). The molecule has 2 heterocycles. The average Bonchev–Trinajstić information content (AvgIpc) is 3.04. The van der Waals surface area contributed by atoms with Gasteiger partial charge < -0.3 is 14.6 Å². The molecule has 0 spiro atoms. The van der Waals surface area contributed by atoms with Gasteiger partial charge in [0, 0.05) is 24.2 Å². The van der Waals surface area contributed by atoms with Crippen LogP contribution in [0.2, 0.25) is 0 Å². The summed E-state index contributed by atoms with van der Waals surface area (Å²) in [5.74, 6) is -0.320. The van der Waals surface area contributed by atoms with Crippen LogP contribution in [0.3, 0.4) is 0 Å². The third-order valence-electron chi connectivity index (χ3n) is 3.45. The molecule has 3 rings (SSSR count). The van der Waals surface area contributed by atoms with E-state index >= 15 is 0 Å². The maximum absolute atomic E-state index is 10.3. The predicted molar refractivity (Wildman–Crippen MR) is 98.4 cm³/mol. The van der Waals surface area contributed by atoms with Crippen LogP contribution in [0.25, 0.3) is 16.9 Å². The van der Waals surface area contributed by atoms with Crippen LogP contribution >= 0.6 is 15.9 Å². The number of pyridine rings is 1. The third-order valence-corrected chi connectivity index (χ3v) is 4.03. The van der Waals surface area contributed by atoms with Crippen LogP contribution < -0.4 is 4.74 Å². The Morgan fingerprint density at radius 2 is 1.85 bits per heavy atom. The van der Waals surface area contributed by atoms with E-state index in [-0.39, 0.29) is 19.8 Å². The van der Waals surface area contributed by atoms with E-state index in [0.717, 1.165) is 21.4 Å². The molecule has 3 aromatic rings. The van der Waals surface area contributed by atoms with Crippen LogP contribution in [0.4, 0.5) is 0 Å². The Morgan fingerprint density at radius 3 is 2.54 bits per heavy atom. The fourth-order valence-corrected chi connectivity index (χ4v) is 2.77. The van der Waals surface area contributed by atoms with Gasteiger partial charge in [-0.3, -0.25) is 4.98 Å². The summed E-state index contributed by atoms with van der Waals surface area (Å²) in [6, 6.07) is 11.2. The topological polar surface area (TPSA) is 86.5 Å². The van der Waals surface area contributed by atoms with E-state index in [0.29, 0.717) is 5.75 Å². The van der Waals surface area contributed by atoms with Crippen molar-refractivity contribution in [1.82, 2.24) is 14.8 Å². The number of carboxylic acid groups (broad SMARTS) is 1. The van der Waals surface area contributed by atoms with Gasteiger partial charge in [-0.2, -0.15) is 5.10 Å². The Labute approximate surface area is 158 Å². The van der Waals surface area contributed by atoms with E-state index in [1.807, 2.05) is 42.6 Å². The minimum absolute atomic E-state index is 0.218. The van der Waals surface area contributed by atoms with Crippen molar-refractivity contribution in [3.63, 3.8) is 0 Å². The van der Waals surface area contributed by atoms with Crippen LogP contribution in [-0.2, 0) is 9.53 Å². The molecule has 0 aliphatic heterocycles. The number of rotatable bonds is 8. The highest BCUT2D eigenvalue weighted by molar-refractivity contribution is 9.10. The van der Waals surface area contributed by atoms with Crippen molar-refractivity contribution in [1.29, 1.82) is 0 Å². The molecule has 0 aliphatic carbocycles. The van der Waals surface area contributed by atoms with Crippen LogP contribution in [-0.4, -0.2) is 45.7 Å². The predicted octanol–water partition coefficient (Wildman–Crippen LogP) is 3.18. The molecular weight excluding hydrogens is 402 g/mol. The van der Waals surface area contributed by atoms with Gasteiger partial charge in [-0.25, -0.2) is 9.48 Å². The fraction of sp³-hybridized carbons (Fsp3) is 0.167. The lowest BCUT2D eigenvalue weighted by Crippen LogP contribution is -2.12. The van der Waals surface area contributed by atoms with Crippen molar-refractivity contribution >= 4 is 21.9 Å². The zero-order chi connectivity index (χ0) is 18.4. The zero-order valence-corrected chi connectivity index (χ0v) is 15.3. The van der Waals surface area contributed by atoms with E-state index in [2.05, 4.69) is 26.0 Å². The Hall–Kier alpha value is -2.71. The molecule has 7 nitrogen and oxygen atoms in total. The van der Waals surface area contributed by atoms with Crippen molar-refractivity contribution in [2.24, 2.45) is 0 Å². The van der Waals surface area contributed by atoms with Gasteiger partial charge in [0.1, 0.15) is 24.7 Å². The molecule has 0 saturated carbocycles. The largest absolute Gasteiger partial charge is 0.491 e. The lowest BCUT2D eigenvalue weighted by atomic mass is 10.2. The SMILES string of the molecule is O=C(O)COCCOc1ccc(-n2cc(Br)c(-c3ccncc3)n2)cc1. The molecule has 0 atom stereocenters. The Bertz CT molecular complexity index is 866. The molecule has 0 bridgehead atoms. The van der Waals surface area contributed by atoms with Gasteiger partial charge in [0.2, 0.25) is 0 Å². The smallest absolute Gasteiger partial charge is 0.329 e. The minimum Gasteiger partial charge on any atom is -0.491 e. The van der Waals surface area contributed by atoms with E-state index in [1.54, 1.807) is 17.1 Å². The number of halogens is 1. The summed E-state index contributed by atoms with van der Waals surface area (Å²) in [7, 11) is 0. The number of carbonyl (C=O) groups is 1. The maximum atomic E-state index is 10.3. The van der Waals surface area contributed by atoms with Crippen molar-refractivity contribution in [2.75, 3.05) is 19.8 Å². The van der Waals surface area contributed by atoms with Gasteiger partial charge in [0.25, 0.3) is 0 Å². The first-order valence-corrected chi connectivity index (χ1v) is 8.61. The van der Waals surface area contributed by atoms with E-state index in [1.165, 1.54) is 0 Å². The maximum Gasteiger partial charge on any atom is 0.329 e. The number of hydrogen-bond donors (Lipinski definition) is 1. The van der Waals surface area contributed by atoms with Gasteiger partial charge in [0.15, 0.2) is 0 Å². The highest BCUT2D eigenvalue weighted by Crippen LogP contribution is 2.27. The molecule has 8 heteroatoms. The monoisotopic (exact) mass is 417 g/mol. The Balaban J connectivity index is 1.63. The third kappa shape index (κ3) is 4.68. The van der Waals surface area contributed by atoms with E-state index < -0.39 is 5.97 Å². The summed E-state index contributed by atoms with van der Waals surface area (Å²) in [5, 5.41) is 13.1. The normalized spacial score (nSPS) is 10.7. The Kier molecular flexibility index (Phi) is 5.98. The zero-order valence-electron chi connectivity index (χ0n) is 13.7. The van der Waals surface area contributed by atoms with E-state index in [4.69, 9.17) is 14.6 Å². The summed E-state index contributed by atoms with van der Waals surface area (Å²) >= 11 is 3.54. The molecular formula is C18H16BrN3O4. The summed E-state index contributed by atoms with van der Waals surface area (Å²) < 4.78 is 13.1. The van der Waals surface area contributed by atoms with Crippen molar-refractivity contribution in [2.45, 2.75) is 0 Å². The Morgan fingerprint density at radius 1 is 1.12 bits per heavy atom. The summed E-state index contributed by atoms with van der Waals surface area (Å²) in [6.07, 6.45) is 5.35. The molecule has 2 aromatic heterocycles. The van der Waals surface area contributed by atoms with Gasteiger partial charge in [-0.15, -0.1) is 0 Å². The number of benzene rings is 1. The minimum atomic E-state index is -0.995. The van der Waals surface area contributed by atoms with Gasteiger partial charge in [0.05, 0.1) is 16.8 Å². The van der Waals surface area contributed by atoms with Crippen LogP contribution in [0.5, 0.6) is 5.75 Å². The lowest BCUT2D eigenvalue weighted by molar-refractivity contribution is -0.142. The van der Waals surface area contributed by atoms with Crippen molar-refractivity contribution < 1.29 is 19.4 Å². The lowest BCUT2D eigenvalue weighted by Gasteiger charge is -2.07. The number of carboxylic acids is 1. The van der Waals surface area contributed by atoms with Crippen molar-refractivity contribution in [3.05, 3.63) is 59.5 Å². The molecule has 1 aromatic carbocycles. The number of hydrogen-bond acceptors (Lipinski definition) is 5. The first-order chi connectivity index (χ1) is 12.6. The number of nitrogens with zero attached hydrogens (tertiary/aromatic N) is 3. The van der Waals surface area contributed by atoms with Gasteiger partial charge in [-0.05, 0) is 52.3 Å². The van der Waals surface area contributed by atoms with E-state index in [9.17, 15) is 4.79 Å². The highest BCUT2D eigenvalue weighted by atomic mass is 79.9. The summed E-state index contributed by atoms with van der Waals surface area (Å²) in [4.78, 5) is 14.4. The molecule has 1 N–H and O–H groups in total. The second kappa shape index (κ2) is 8.59. The average molecular weight is 418 g/mol. The van der Waals surface area contributed by atoms with Crippen LogP contribution in [0.1, 0.15) is 0 Å². The quantitative estimate of drug-likeness (QED) is 0.566. The summed E-state index contributed by atoms with van der Waals surface area (Å²) in [6.45, 7) is 0.178. The molecule has 0 amide bonds. The summed E-state index contributed by atoms with van der Waals surface area (Å²) in [5.41, 5.74) is 2.70.